The Morgan fingerprint density at radius 1 is 1.38 bits per heavy atom. The van der Waals surface area contributed by atoms with Crippen molar-refractivity contribution in [3.8, 4) is 0 Å². The van der Waals surface area contributed by atoms with E-state index in [4.69, 9.17) is 10.2 Å². The first kappa shape index (κ1) is 15.8. The molecule has 0 aliphatic heterocycles. The van der Waals surface area contributed by atoms with Crippen LogP contribution < -0.4 is 5.73 Å². The minimum Gasteiger partial charge on any atom is -0.448 e. The third-order valence-corrected chi connectivity index (χ3v) is 7.66. The lowest BCUT2D eigenvalue weighted by Crippen LogP contribution is -2.42. The molecular weight excluding hydrogens is 242 g/mol. The molecule has 0 saturated heterocycles. The van der Waals surface area contributed by atoms with Gasteiger partial charge in [-0.25, -0.2) is 4.79 Å². The van der Waals surface area contributed by atoms with Crippen molar-refractivity contribution in [1.29, 1.82) is 0 Å². The van der Waals surface area contributed by atoms with E-state index in [0.717, 1.165) is 0 Å². The smallest absolute Gasteiger partial charge is 0.404 e. The fraction of sp³-hybridized carbons (Fsp3) is 0.900. The maximum Gasteiger partial charge on any atom is 0.404 e. The van der Waals surface area contributed by atoms with Crippen LogP contribution in [-0.4, -0.2) is 32.9 Å². The average molecular weight is 265 g/mol. The summed E-state index contributed by atoms with van der Waals surface area (Å²) in [4.78, 5) is 10.4. The van der Waals surface area contributed by atoms with E-state index in [0.29, 0.717) is 6.61 Å². The fourth-order valence-electron chi connectivity index (χ4n) is 0.747. The first-order valence-electron chi connectivity index (χ1n) is 5.30. The number of hydrogen-bond acceptors (Lipinski definition) is 4. The Bertz CT molecular complexity index is 241. The summed E-state index contributed by atoms with van der Waals surface area (Å²) in [6.07, 6.45) is -0.772. The summed E-state index contributed by atoms with van der Waals surface area (Å²) < 4.78 is 10.6. The van der Waals surface area contributed by atoms with Crippen LogP contribution >= 0.6 is 12.6 Å². The second-order valence-electron chi connectivity index (χ2n) is 5.36. The largest absolute Gasteiger partial charge is 0.448 e. The highest BCUT2D eigenvalue weighted by Crippen LogP contribution is 2.36. The molecular formula is C10H23NO3SSi. The van der Waals surface area contributed by atoms with Crippen molar-refractivity contribution in [2.45, 2.75) is 44.2 Å². The third kappa shape index (κ3) is 5.76. The topological polar surface area (TPSA) is 61.6 Å². The molecule has 2 N–H and O–H groups in total. The Balaban J connectivity index is 4.00. The normalized spacial score (nSPS) is 14.6. The van der Waals surface area contributed by atoms with Crippen molar-refractivity contribution in [2.75, 3.05) is 13.2 Å². The highest BCUT2D eigenvalue weighted by atomic mass is 32.1. The molecule has 0 aromatic heterocycles. The zero-order valence-electron chi connectivity index (χ0n) is 10.7. The predicted octanol–water partition coefficient (Wildman–Crippen LogP) is 2.40. The Morgan fingerprint density at radius 2 is 1.88 bits per heavy atom. The monoisotopic (exact) mass is 265 g/mol. The molecule has 1 unspecified atom stereocenters. The Morgan fingerprint density at radius 3 is 2.25 bits per heavy atom. The van der Waals surface area contributed by atoms with Gasteiger partial charge in [0.1, 0.15) is 6.61 Å². The molecule has 0 rings (SSSR count). The molecule has 0 radical (unpaired) electrons. The van der Waals surface area contributed by atoms with E-state index in [1.807, 2.05) is 0 Å². The molecule has 4 nitrogen and oxygen atoms in total. The maximum atomic E-state index is 10.4. The molecule has 0 fully saturated rings. The average Bonchev–Trinajstić information content (AvgIpc) is 2.09. The second kappa shape index (κ2) is 5.93. The minimum atomic E-state index is -1.74. The number of carbonyl (C=O) groups is 1. The number of primary amides is 1. The van der Waals surface area contributed by atoms with Crippen LogP contribution in [-0.2, 0) is 9.16 Å². The van der Waals surface area contributed by atoms with Gasteiger partial charge in [0.05, 0.1) is 5.25 Å². The number of rotatable bonds is 5. The summed E-state index contributed by atoms with van der Waals surface area (Å²) >= 11 is 4.28. The molecule has 16 heavy (non-hydrogen) atoms. The zero-order chi connectivity index (χ0) is 13.0. The van der Waals surface area contributed by atoms with Crippen molar-refractivity contribution >= 4 is 27.0 Å². The van der Waals surface area contributed by atoms with Crippen LogP contribution in [0.1, 0.15) is 20.8 Å². The van der Waals surface area contributed by atoms with E-state index in [9.17, 15) is 4.79 Å². The van der Waals surface area contributed by atoms with Crippen LogP contribution in [0.3, 0.4) is 0 Å². The van der Waals surface area contributed by atoms with Crippen LogP contribution in [0.4, 0.5) is 4.79 Å². The summed E-state index contributed by atoms with van der Waals surface area (Å²) in [7, 11) is -1.74. The van der Waals surface area contributed by atoms with Gasteiger partial charge in [-0.05, 0) is 18.1 Å². The van der Waals surface area contributed by atoms with Gasteiger partial charge in [0, 0.05) is 6.61 Å². The Kier molecular flexibility index (Phi) is 5.85. The molecule has 1 amide bonds. The number of hydrogen-bond donors (Lipinski definition) is 2. The van der Waals surface area contributed by atoms with E-state index in [-0.39, 0.29) is 16.9 Å². The van der Waals surface area contributed by atoms with E-state index >= 15 is 0 Å². The van der Waals surface area contributed by atoms with Gasteiger partial charge in [0.15, 0.2) is 8.32 Å². The molecule has 0 aromatic carbocycles. The molecule has 0 bridgehead atoms. The highest BCUT2D eigenvalue weighted by Gasteiger charge is 2.37. The Labute approximate surface area is 104 Å². The summed E-state index contributed by atoms with van der Waals surface area (Å²) in [5.74, 6) is 0. The van der Waals surface area contributed by atoms with Gasteiger partial charge in [0.2, 0.25) is 0 Å². The molecule has 0 aliphatic carbocycles. The van der Waals surface area contributed by atoms with Crippen molar-refractivity contribution in [3.05, 3.63) is 0 Å². The maximum absolute atomic E-state index is 10.4. The molecule has 0 aromatic rings. The molecule has 0 aliphatic rings. The van der Waals surface area contributed by atoms with Crippen LogP contribution in [0.15, 0.2) is 0 Å². The number of amides is 1. The van der Waals surface area contributed by atoms with Gasteiger partial charge in [-0.2, -0.15) is 12.6 Å². The zero-order valence-corrected chi connectivity index (χ0v) is 12.6. The fourth-order valence-corrected chi connectivity index (χ4v) is 2.09. The van der Waals surface area contributed by atoms with Crippen LogP contribution in [0.5, 0.6) is 0 Å². The molecule has 0 spiro atoms. The lowest BCUT2D eigenvalue weighted by atomic mass is 10.2. The van der Waals surface area contributed by atoms with Gasteiger partial charge in [-0.15, -0.1) is 0 Å². The van der Waals surface area contributed by atoms with Crippen molar-refractivity contribution in [1.82, 2.24) is 0 Å². The van der Waals surface area contributed by atoms with E-state index in [2.05, 4.69) is 51.2 Å². The van der Waals surface area contributed by atoms with Crippen LogP contribution in [0.2, 0.25) is 18.1 Å². The van der Waals surface area contributed by atoms with Crippen LogP contribution in [0.25, 0.3) is 0 Å². The highest BCUT2D eigenvalue weighted by molar-refractivity contribution is 7.81. The molecule has 1 atom stereocenters. The SMILES string of the molecule is CC(C)(C)[Si](C)(C)OCC(S)COC(N)=O. The van der Waals surface area contributed by atoms with E-state index < -0.39 is 14.4 Å². The van der Waals surface area contributed by atoms with Crippen molar-refractivity contribution in [2.24, 2.45) is 5.73 Å². The van der Waals surface area contributed by atoms with E-state index in [1.54, 1.807) is 0 Å². The lowest BCUT2D eigenvalue weighted by molar-refractivity contribution is 0.148. The summed E-state index contributed by atoms with van der Waals surface area (Å²) in [6.45, 7) is 11.5. The molecule has 0 heterocycles. The quantitative estimate of drug-likeness (QED) is 0.593. The number of thiol groups is 1. The number of carbonyl (C=O) groups excluding carboxylic acids is 1. The van der Waals surface area contributed by atoms with Gasteiger partial charge in [-0.3, -0.25) is 0 Å². The predicted molar refractivity (Wildman–Crippen MR) is 71.5 cm³/mol. The Hall–Kier alpha value is -0.203. The number of ether oxygens (including phenoxy) is 1. The summed E-state index contributed by atoms with van der Waals surface area (Å²) in [6, 6.07) is 0. The molecule has 0 saturated carbocycles. The summed E-state index contributed by atoms with van der Waals surface area (Å²) in [5.41, 5.74) is 4.86. The number of nitrogens with two attached hydrogens (primary N) is 1. The first-order valence-corrected chi connectivity index (χ1v) is 8.73. The van der Waals surface area contributed by atoms with Crippen molar-refractivity contribution in [3.63, 3.8) is 0 Å². The lowest BCUT2D eigenvalue weighted by Gasteiger charge is -2.36. The third-order valence-electron chi connectivity index (χ3n) is 2.86. The standard InChI is InChI=1S/C10H23NO3SSi/c1-10(2,3)16(4,5)14-7-8(15)6-13-9(11)12/h8,15H,6-7H2,1-5H3,(H2,11,12). The van der Waals surface area contributed by atoms with Gasteiger partial charge in [-0.1, -0.05) is 20.8 Å². The van der Waals surface area contributed by atoms with Crippen LogP contribution in [0, 0.1) is 0 Å². The molecule has 6 heteroatoms. The first-order chi connectivity index (χ1) is 7.06. The van der Waals surface area contributed by atoms with Crippen molar-refractivity contribution < 1.29 is 14.0 Å². The summed E-state index contributed by atoms with van der Waals surface area (Å²) in [5, 5.41) is 0.0482. The van der Waals surface area contributed by atoms with Gasteiger partial charge >= 0.3 is 6.09 Å². The minimum absolute atomic E-state index is 0.123. The van der Waals surface area contributed by atoms with Gasteiger partial charge < -0.3 is 14.9 Å². The second-order valence-corrected chi connectivity index (χ2v) is 10.9. The van der Waals surface area contributed by atoms with Gasteiger partial charge in [0.25, 0.3) is 0 Å². The van der Waals surface area contributed by atoms with E-state index in [1.165, 1.54) is 0 Å². The molecule has 96 valence electrons.